The van der Waals surface area contributed by atoms with Gasteiger partial charge in [0.25, 0.3) is 0 Å². The third kappa shape index (κ3) is 1.21. The molecule has 1 spiro atoms. The standard InChI is InChI=1S/C9H8ClN3O8/c10-8(13(17)18)6(15)11-7(16)12-5-4-3(14)2(20-5)1-19-9(8,12)21-4/h2-5,14H,1H2,(H,11,15,16)/t2-,3-,4+,5-,8+,9+/m1/s1. The average molecular weight is 322 g/mol. The molecule has 5 aliphatic heterocycles. The minimum absolute atomic E-state index is 0.312. The van der Waals surface area contributed by atoms with Gasteiger partial charge in [0.2, 0.25) is 0 Å². The van der Waals surface area contributed by atoms with E-state index in [4.69, 9.17) is 25.8 Å². The summed E-state index contributed by atoms with van der Waals surface area (Å²) in [5.74, 6) is -3.83. The highest BCUT2D eigenvalue weighted by atomic mass is 35.5. The Kier molecular flexibility index (Phi) is 2.27. The molecule has 4 bridgehead atoms. The van der Waals surface area contributed by atoms with E-state index in [1.54, 1.807) is 5.32 Å². The van der Waals surface area contributed by atoms with Gasteiger partial charge in [0.15, 0.2) is 6.23 Å². The highest BCUT2D eigenvalue weighted by Gasteiger charge is 2.84. The van der Waals surface area contributed by atoms with E-state index in [-0.39, 0.29) is 6.61 Å². The van der Waals surface area contributed by atoms with Crippen molar-refractivity contribution >= 4 is 23.5 Å². The molecule has 5 saturated heterocycles. The first-order valence-corrected chi connectivity index (χ1v) is 6.34. The number of nitrogens with one attached hydrogen (secondary N) is 1. The van der Waals surface area contributed by atoms with Crippen LogP contribution >= 0.6 is 11.6 Å². The summed E-state index contributed by atoms with van der Waals surface area (Å²) in [6.07, 6.45) is -4.21. The van der Waals surface area contributed by atoms with E-state index in [0.29, 0.717) is 0 Å². The van der Waals surface area contributed by atoms with E-state index in [0.717, 1.165) is 4.90 Å². The zero-order chi connectivity index (χ0) is 15.2. The van der Waals surface area contributed by atoms with Crippen LogP contribution in [0.4, 0.5) is 4.79 Å². The SMILES string of the molecule is O=C1NC(=O)[C@](Cl)([N+](=O)[O-])[C@]23OC[C@H]4O[C@H]([C@@H](O2)[C@@H]4O)N13. The van der Waals surface area contributed by atoms with Gasteiger partial charge in [-0.1, -0.05) is 0 Å². The van der Waals surface area contributed by atoms with Gasteiger partial charge in [0.1, 0.15) is 18.3 Å². The predicted octanol–water partition coefficient (Wildman–Crippen LogP) is -2.08. The molecule has 5 fully saturated rings. The Morgan fingerprint density at radius 1 is 1.52 bits per heavy atom. The van der Waals surface area contributed by atoms with Crippen LogP contribution in [0.2, 0.25) is 0 Å². The lowest BCUT2D eigenvalue weighted by Crippen LogP contribution is -2.77. The lowest BCUT2D eigenvalue weighted by atomic mass is 10.1. The maximum Gasteiger partial charge on any atom is 0.445 e. The Balaban J connectivity index is 1.94. The summed E-state index contributed by atoms with van der Waals surface area (Å²) < 4.78 is 16.1. The zero-order valence-electron chi connectivity index (χ0n) is 10.1. The molecule has 6 atom stereocenters. The van der Waals surface area contributed by atoms with Crippen LogP contribution in [0.5, 0.6) is 0 Å². The molecule has 5 rings (SSSR count). The zero-order valence-corrected chi connectivity index (χ0v) is 10.8. The molecule has 12 heteroatoms. The third-order valence-electron chi connectivity index (χ3n) is 4.03. The van der Waals surface area contributed by atoms with Gasteiger partial charge in [-0.05, 0) is 11.6 Å². The van der Waals surface area contributed by atoms with E-state index < -0.39 is 52.3 Å². The third-order valence-corrected chi connectivity index (χ3v) is 4.58. The molecular weight excluding hydrogens is 314 g/mol. The van der Waals surface area contributed by atoms with Gasteiger partial charge in [-0.25, -0.2) is 9.69 Å². The molecule has 5 aliphatic rings. The van der Waals surface area contributed by atoms with Crippen LogP contribution in [0.15, 0.2) is 0 Å². The number of halogens is 1. The van der Waals surface area contributed by atoms with E-state index >= 15 is 0 Å². The molecule has 11 nitrogen and oxygen atoms in total. The Morgan fingerprint density at radius 3 is 2.90 bits per heavy atom. The summed E-state index contributed by atoms with van der Waals surface area (Å²) in [5, 5.41) is 23.1. The summed E-state index contributed by atoms with van der Waals surface area (Å²) in [4.78, 5) is 32.0. The van der Waals surface area contributed by atoms with Gasteiger partial charge in [0.05, 0.1) is 11.5 Å². The Morgan fingerprint density at radius 2 is 2.24 bits per heavy atom. The van der Waals surface area contributed by atoms with Crippen LogP contribution in [0.3, 0.4) is 0 Å². The monoisotopic (exact) mass is 321 g/mol. The number of carbonyl (C=O) groups excluding carboxylic acids is 2. The maximum absolute atomic E-state index is 12.0. The number of urea groups is 1. The Labute approximate surface area is 120 Å². The average Bonchev–Trinajstić information content (AvgIpc) is 2.74. The van der Waals surface area contributed by atoms with Crippen molar-refractivity contribution in [3.05, 3.63) is 10.1 Å². The number of rotatable bonds is 1. The fourth-order valence-corrected chi connectivity index (χ4v) is 3.30. The summed E-state index contributed by atoms with van der Waals surface area (Å²) in [6, 6.07) is -1.000. The van der Waals surface area contributed by atoms with Crippen molar-refractivity contribution in [2.75, 3.05) is 6.61 Å². The number of nitrogens with zero attached hydrogens (tertiary/aromatic N) is 2. The molecule has 114 valence electrons. The van der Waals surface area contributed by atoms with Crippen LogP contribution in [0.25, 0.3) is 0 Å². The Hall–Kier alpha value is -1.53. The number of carbonyl (C=O) groups is 2. The minimum Gasteiger partial charge on any atom is -0.387 e. The second-order valence-corrected chi connectivity index (χ2v) is 5.59. The summed E-state index contributed by atoms with van der Waals surface area (Å²) >= 11 is 5.89. The highest BCUT2D eigenvalue weighted by Crippen LogP contribution is 2.53. The first kappa shape index (κ1) is 13.2. The second-order valence-electron chi connectivity index (χ2n) is 5.04. The largest absolute Gasteiger partial charge is 0.445 e. The van der Waals surface area contributed by atoms with Crippen LogP contribution in [0, 0.1) is 10.1 Å². The number of nitro groups is 1. The van der Waals surface area contributed by atoms with Crippen molar-refractivity contribution in [1.82, 2.24) is 10.2 Å². The number of imide groups is 1. The van der Waals surface area contributed by atoms with Crippen molar-refractivity contribution in [1.29, 1.82) is 0 Å². The van der Waals surface area contributed by atoms with E-state index in [1.165, 1.54) is 0 Å². The van der Waals surface area contributed by atoms with E-state index in [1.807, 2.05) is 0 Å². The molecule has 0 aromatic carbocycles. The number of fused-ring (bicyclic) bond motifs is 1. The molecule has 0 aromatic rings. The summed E-state index contributed by atoms with van der Waals surface area (Å²) in [5.41, 5.74) is 0. The van der Waals surface area contributed by atoms with Gasteiger partial charge in [0, 0.05) is 0 Å². The van der Waals surface area contributed by atoms with Crippen LogP contribution in [-0.4, -0.2) is 68.9 Å². The van der Waals surface area contributed by atoms with Crippen LogP contribution in [0.1, 0.15) is 0 Å². The van der Waals surface area contributed by atoms with Gasteiger partial charge in [-0.3, -0.25) is 20.2 Å². The minimum atomic E-state index is -2.91. The molecule has 0 aromatic heterocycles. The predicted molar refractivity (Wildman–Crippen MR) is 59.2 cm³/mol. The molecular formula is C9H8ClN3O8. The van der Waals surface area contributed by atoms with E-state index in [9.17, 15) is 24.8 Å². The fourth-order valence-electron chi connectivity index (χ4n) is 3.06. The number of hydrogen-bond acceptors (Lipinski definition) is 8. The second kappa shape index (κ2) is 3.62. The lowest BCUT2D eigenvalue weighted by Gasteiger charge is -2.42. The number of aliphatic hydroxyl groups excluding tert-OH is 1. The van der Waals surface area contributed by atoms with E-state index in [2.05, 4.69) is 0 Å². The van der Waals surface area contributed by atoms with Crippen molar-refractivity contribution in [2.24, 2.45) is 0 Å². The molecule has 3 amide bonds. The topological polar surface area (TPSA) is 140 Å². The van der Waals surface area contributed by atoms with Gasteiger partial charge < -0.3 is 19.3 Å². The fraction of sp³-hybridized carbons (Fsp3) is 0.778. The first-order valence-electron chi connectivity index (χ1n) is 5.96. The van der Waals surface area contributed by atoms with Crippen molar-refractivity contribution in [2.45, 2.75) is 35.4 Å². The Bertz CT molecular complexity index is 587. The first-order chi connectivity index (χ1) is 9.83. The number of alkyl halides is 1. The van der Waals surface area contributed by atoms with Crippen molar-refractivity contribution in [3.63, 3.8) is 0 Å². The maximum atomic E-state index is 12.0. The summed E-state index contributed by atoms with van der Waals surface area (Å²) in [6.45, 7) is -0.312. The molecule has 0 aliphatic carbocycles. The van der Waals surface area contributed by atoms with Crippen LogP contribution in [-0.2, 0) is 19.0 Å². The quantitative estimate of drug-likeness (QED) is 0.242. The van der Waals surface area contributed by atoms with Gasteiger partial charge in [-0.15, -0.1) is 0 Å². The lowest BCUT2D eigenvalue weighted by molar-refractivity contribution is -0.580. The van der Waals surface area contributed by atoms with Crippen molar-refractivity contribution in [3.8, 4) is 0 Å². The molecule has 5 heterocycles. The number of aliphatic hydroxyl groups is 1. The number of hydrogen-bond donors (Lipinski definition) is 2. The molecule has 2 N–H and O–H groups in total. The van der Waals surface area contributed by atoms with Crippen LogP contribution < -0.4 is 5.32 Å². The molecule has 0 unspecified atom stereocenters. The number of amides is 3. The van der Waals surface area contributed by atoms with Gasteiger partial charge in [-0.2, -0.15) is 0 Å². The normalized spacial score (nSPS) is 50.9. The van der Waals surface area contributed by atoms with Gasteiger partial charge >= 0.3 is 22.8 Å². The molecule has 0 radical (unpaired) electrons. The molecule has 21 heavy (non-hydrogen) atoms. The smallest absolute Gasteiger partial charge is 0.387 e. The highest BCUT2D eigenvalue weighted by molar-refractivity contribution is 6.36. The number of ether oxygens (including phenoxy) is 3. The van der Waals surface area contributed by atoms with Crippen molar-refractivity contribution < 1.29 is 33.8 Å². The molecule has 0 saturated carbocycles. The summed E-state index contributed by atoms with van der Waals surface area (Å²) in [7, 11) is 0.